The van der Waals surface area contributed by atoms with Crippen LogP contribution in [0.2, 0.25) is 0 Å². The Kier molecular flexibility index (Phi) is 9.32. The molecule has 2 aromatic carbocycles. The molecule has 0 bridgehead atoms. The number of guanidine groups is 1. The first-order chi connectivity index (χ1) is 14.3. The van der Waals surface area contributed by atoms with E-state index in [1.807, 2.05) is 38.1 Å². The fourth-order valence-corrected chi connectivity index (χ4v) is 4.98. The summed E-state index contributed by atoms with van der Waals surface area (Å²) >= 11 is 0. The van der Waals surface area contributed by atoms with E-state index in [1.165, 1.54) is 18.4 Å². The Hall–Kier alpha value is -1.65. The lowest BCUT2D eigenvalue weighted by Gasteiger charge is -2.19. The molecule has 8 heteroatoms. The van der Waals surface area contributed by atoms with Crippen molar-refractivity contribution in [2.45, 2.75) is 50.4 Å². The summed E-state index contributed by atoms with van der Waals surface area (Å²) < 4.78 is 26.7. The highest BCUT2D eigenvalue weighted by Gasteiger charge is 2.43. The number of hydrogen-bond acceptors (Lipinski definition) is 3. The number of halogens is 1. The Balaban J connectivity index is 0.00000341. The van der Waals surface area contributed by atoms with Crippen LogP contribution in [0.5, 0.6) is 0 Å². The minimum absolute atomic E-state index is 0. The number of aliphatic imine (C=N–C) groups is 1. The molecular formula is C23H33IN4O2S. The van der Waals surface area contributed by atoms with Crippen LogP contribution < -0.4 is 15.4 Å². The van der Waals surface area contributed by atoms with Crippen LogP contribution in [0.4, 0.5) is 0 Å². The summed E-state index contributed by atoms with van der Waals surface area (Å²) in [6.45, 7) is 5.11. The van der Waals surface area contributed by atoms with Crippen molar-refractivity contribution in [2.75, 3.05) is 13.6 Å². The largest absolute Gasteiger partial charge is 0.356 e. The van der Waals surface area contributed by atoms with Gasteiger partial charge in [0.15, 0.2) is 5.96 Å². The monoisotopic (exact) mass is 556 g/mol. The van der Waals surface area contributed by atoms with Crippen LogP contribution >= 0.6 is 24.0 Å². The van der Waals surface area contributed by atoms with Crippen molar-refractivity contribution >= 4 is 40.0 Å². The first kappa shape index (κ1) is 25.6. The maximum atomic E-state index is 12.1. The van der Waals surface area contributed by atoms with Crippen molar-refractivity contribution in [3.8, 4) is 0 Å². The van der Waals surface area contributed by atoms with Crippen molar-refractivity contribution in [1.29, 1.82) is 0 Å². The number of sulfonamides is 1. The molecule has 1 aliphatic rings. The summed E-state index contributed by atoms with van der Waals surface area (Å²) in [5, 5.41) is 6.79. The fraction of sp³-hybridized carbons (Fsp3) is 0.435. The molecule has 0 amide bonds. The zero-order valence-electron chi connectivity index (χ0n) is 18.4. The van der Waals surface area contributed by atoms with Gasteiger partial charge in [-0.3, -0.25) is 4.99 Å². The van der Waals surface area contributed by atoms with Crippen molar-refractivity contribution in [3.63, 3.8) is 0 Å². The van der Waals surface area contributed by atoms with Gasteiger partial charge in [-0.1, -0.05) is 54.6 Å². The number of nitrogens with zero attached hydrogens (tertiary/aromatic N) is 1. The lowest BCUT2D eigenvalue weighted by Crippen LogP contribution is -2.40. The van der Waals surface area contributed by atoms with E-state index in [2.05, 4.69) is 50.7 Å². The number of benzene rings is 2. The van der Waals surface area contributed by atoms with Gasteiger partial charge < -0.3 is 10.6 Å². The van der Waals surface area contributed by atoms with Crippen LogP contribution in [0.3, 0.4) is 0 Å². The highest BCUT2D eigenvalue weighted by atomic mass is 127. The predicted octanol–water partition coefficient (Wildman–Crippen LogP) is 3.53. The summed E-state index contributed by atoms with van der Waals surface area (Å²) in [5.74, 6) is 0.758. The molecule has 0 heterocycles. The zero-order chi connectivity index (χ0) is 21.6. The van der Waals surface area contributed by atoms with Gasteiger partial charge in [-0.15, -0.1) is 24.0 Å². The van der Waals surface area contributed by atoms with Crippen LogP contribution in [0.15, 0.2) is 59.6 Å². The van der Waals surface area contributed by atoms with Gasteiger partial charge in [-0.25, -0.2) is 13.1 Å². The number of rotatable bonds is 9. The predicted molar refractivity (Wildman–Crippen MR) is 138 cm³/mol. The molecule has 170 valence electrons. The molecule has 0 unspecified atom stereocenters. The van der Waals surface area contributed by atoms with Crippen molar-refractivity contribution < 1.29 is 8.42 Å². The molecule has 0 radical (unpaired) electrons. The zero-order valence-corrected chi connectivity index (χ0v) is 21.5. The summed E-state index contributed by atoms with van der Waals surface area (Å²) in [6.07, 6.45) is 2.38. The molecule has 0 spiro atoms. The second kappa shape index (κ2) is 11.3. The second-order valence-corrected chi connectivity index (χ2v) is 10.0. The molecule has 0 aromatic heterocycles. The Morgan fingerprint density at radius 3 is 2.16 bits per heavy atom. The van der Waals surface area contributed by atoms with Crippen molar-refractivity contribution in [1.82, 2.24) is 15.4 Å². The van der Waals surface area contributed by atoms with Crippen LogP contribution in [0.25, 0.3) is 0 Å². The lowest BCUT2D eigenvalue weighted by atomic mass is 9.96. The smallest absolute Gasteiger partial charge is 0.216 e. The fourth-order valence-electron chi connectivity index (χ4n) is 3.54. The summed E-state index contributed by atoms with van der Waals surface area (Å²) in [4.78, 5) is 4.33. The van der Waals surface area contributed by atoms with Gasteiger partial charge in [0.1, 0.15) is 0 Å². The molecule has 31 heavy (non-hydrogen) atoms. The molecule has 1 fully saturated rings. The van der Waals surface area contributed by atoms with E-state index in [-0.39, 0.29) is 41.2 Å². The summed E-state index contributed by atoms with van der Waals surface area (Å²) in [5.41, 5.74) is 3.44. The quantitative estimate of drug-likeness (QED) is 0.251. The molecule has 1 aliphatic carbocycles. The summed E-state index contributed by atoms with van der Waals surface area (Å²) in [6, 6.07) is 18.2. The third kappa shape index (κ3) is 7.76. The Labute approximate surface area is 203 Å². The van der Waals surface area contributed by atoms with Crippen LogP contribution in [0, 0.1) is 0 Å². The van der Waals surface area contributed by atoms with E-state index < -0.39 is 10.0 Å². The molecule has 6 nitrogen and oxygen atoms in total. The Morgan fingerprint density at radius 2 is 1.61 bits per heavy atom. The average molecular weight is 557 g/mol. The Bertz CT molecular complexity index is 957. The molecule has 3 rings (SSSR count). The van der Waals surface area contributed by atoms with Gasteiger partial charge in [0.2, 0.25) is 10.0 Å². The van der Waals surface area contributed by atoms with E-state index in [1.54, 1.807) is 7.05 Å². The van der Waals surface area contributed by atoms with Crippen LogP contribution in [-0.2, 0) is 27.7 Å². The maximum absolute atomic E-state index is 12.1. The van der Waals surface area contributed by atoms with E-state index >= 15 is 0 Å². The standard InChI is InChI=1S/C23H32N4O2S.HI/c1-18(2)27-30(28,29)16-20-11-9-19(10-12-20)15-25-22(24-3)26-17-23(13-14-23)21-7-5-4-6-8-21;/h4-12,18,27H,13-17H2,1-3H3,(H2,24,25,26);1H. The van der Waals surface area contributed by atoms with E-state index in [0.717, 1.165) is 23.6 Å². The normalized spacial score (nSPS) is 15.3. The first-order valence-corrected chi connectivity index (χ1v) is 12.0. The maximum Gasteiger partial charge on any atom is 0.216 e. The SMILES string of the molecule is CN=C(NCc1ccc(CS(=O)(=O)NC(C)C)cc1)NCC1(c2ccccc2)CC1.I. The molecule has 3 N–H and O–H groups in total. The van der Waals surface area contributed by atoms with Gasteiger partial charge >= 0.3 is 0 Å². The molecule has 0 saturated heterocycles. The van der Waals surface area contributed by atoms with Gasteiger partial charge in [-0.05, 0) is 43.4 Å². The third-order valence-electron chi connectivity index (χ3n) is 5.31. The van der Waals surface area contributed by atoms with Crippen LogP contribution in [0.1, 0.15) is 43.4 Å². The van der Waals surface area contributed by atoms with Crippen molar-refractivity contribution in [3.05, 3.63) is 71.3 Å². The molecule has 0 aliphatic heterocycles. The van der Waals surface area contributed by atoms with E-state index in [0.29, 0.717) is 6.54 Å². The minimum atomic E-state index is -3.31. The molecule has 0 atom stereocenters. The van der Waals surface area contributed by atoms with Gasteiger partial charge in [0.05, 0.1) is 5.75 Å². The third-order valence-corrected chi connectivity index (χ3v) is 6.86. The topological polar surface area (TPSA) is 82.6 Å². The number of hydrogen-bond donors (Lipinski definition) is 3. The lowest BCUT2D eigenvalue weighted by molar-refractivity contribution is 0.569. The summed E-state index contributed by atoms with van der Waals surface area (Å²) in [7, 11) is -1.54. The van der Waals surface area contributed by atoms with E-state index in [9.17, 15) is 8.42 Å². The van der Waals surface area contributed by atoms with Crippen LogP contribution in [-0.4, -0.2) is 34.0 Å². The van der Waals surface area contributed by atoms with Gasteiger partial charge in [0, 0.05) is 31.6 Å². The first-order valence-electron chi connectivity index (χ1n) is 10.4. The average Bonchev–Trinajstić information content (AvgIpc) is 3.50. The molecular weight excluding hydrogens is 523 g/mol. The van der Waals surface area contributed by atoms with Gasteiger partial charge in [0.25, 0.3) is 0 Å². The Morgan fingerprint density at radius 1 is 1.00 bits per heavy atom. The minimum Gasteiger partial charge on any atom is -0.356 e. The second-order valence-electron chi connectivity index (χ2n) is 8.27. The van der Waals surface area contributed by atoms with Gasteiger partial charge in [-0.2, -0.15) is 0 Å². The molecule has 2 aromatic rings. The van der Waals surface area contributed by atoms with Crippen molar-refractivity contribution in [2.24, 2.45) is 4.99 Å². The highest BCUT2D eigenvalue weighted by Crippen LogP contribution is 2.47. The highest BCUT2D eigenvalue weighted by molar-refractivity contribution is 14.0. The number of nitrogens with one attached hydrogen (secondary N) is 3. The molecule has 1 saturated carbocycles. The van der Waals surface area contributed by atoms with E-state index in [4.69, 9.17) is 0 Å².